The number of hydrogen-bond acceptors (Lipinski definition) is 9. The molecule has 2 aliphatic heterocycles. The molecule has 290 valence electrons. The molecule has 3 aromatic rings. The molecule has 1 fully saturated rings. The molecule has 0 spiro atoms. The summed E-state index contributed by atoms with van der Waals surface area (Å²) in [4.78, 5) is 15.9. The lowest BCUT2D eigenvalue weighted by atomic mass is 9.77. The summed E-state index contributed by atoms with van der Waals surface area (Å²) in [5.74, 6) is 0.434. The number of carbonyl (C=O) groups is 1. The molecule has 0 radical (unpaired) electrons. The number of piperidine rings is 1. The summed E-state index contributed by atoms with van der Waals surface area (Å²) in [6.07, 6.45) is 0.426. The first kappa shape index (κ1) is 40.7. The number of nitrogens with zero attached hydrogens (tertiary/aromatic N) is 2. The lowest BCUT2D eigenvalue weighted by Gasteiger charge is -2.45. The Hall–Kier alpha value is -3.52. The summed E-state index contributed by atoms with van der Waals surface area (Å²) in [6.45, 7) is 11.1. The lowest BCUT2D eigenvalue weighted by molar-refractivity contribution is -0.131. The SMILES string of the molecule is COCCCN1CCOc2ccc(CO[C@H]3CN(S(=O)(=O)c4ccc(C)cc4)[C@H](CC(C)(C)C(=O)NC[C@H](C)O)C[C@@H]3c3ccc(COC)cc3)cc21. The molecule has 53 heavy (non-hydrogen) atoms. The van der Waals surface area contributed by atoms with Crippen LogP contribution in [-0.4, -0.2) is 95.6 Å². The number of aliphatic hydroxyl groups excluding tert-OH is 1. The highest BCUT2D eigenvalue weighted by Crippen LogP contribution is 2.41. The van der Waals surface area contributed by atoms with Crippen molar-refractivity contribution in [3.8, 4) is 5.75 Å². The number of nitrogens with one attached hydrogen (secondary N) is 1. The molecule has 11 nitrogen and oxygen atoms in total. The molecule has 12 heteroatoms. The van der Waals surface area contributed by atoms with Crippen molar-refractivity contribution in [2.45, 2.75) is 89.2 Å². The molecule has 3 aromatic carbocycles. The Bertz CT molecular complexity index is 1750. The normalized spacial score (nSPS) is 20.1. The molecule has 1 amide bonds. The Morgan fingerprint density at radius 2 is 1.74 bits per heavy atom. The van der Waals surface area contributed by atoms with Gasteiger partial charge < -0.3 is 34.3 Å². The number of ether oxygens (including phenoxy) is 4. The number of aliphatic hydroxyl groups is 1. The number of benzene rings is 3. The topological polar surface area (TPSA) is 127 Å². The molecular formula is C41H57N3O8S. The van der Waals surface area contributed by atoms with Crippen LogP contribution in [0.5, 0.6) is 5.75 Å². The van der Waals surface area contributed by atoms with E-state index in [9.17, 15) is 18.3 Å². The number of anilines is 1. The Balaban J connectivity index is 1.48. The minimum absolute atomic E-state index is 0.105. The van der Waals surface area contributed by atoms with Gasteiger partial charge in [-0.15, -0.1) is 0 Å². The van der Waals surface area contributed by atoms with Crippen molar-refractivity contribution in [3.63, 3.8) is 0 Å². The minimum Gasteiger partial charge on any atom is -0.490 e. The van der Waals surface area contributed by atoms with E-state index in [-0.39, 0.29) is 42.8 Å². The highest BCUT2D eigenvalue weighted by Gasteiger charge is 2.46. The van der Waals surface area contributed by atoms with Crippen LogP contribution < -0.4 is 15.0 Å². The van der Waals surface area contributed by atoms with Gasteiger partial charge in [-0.25, -0.2) is 8.42 Å². The quantitative estimate of drug-likeness (QED) is 0.174. The highest BCUT2D eigenvalue weighted by molar-refractivity contribution is 7.89. The molecule has 4 atom stereocenters. The van der Waals surface area contributed by atoms with E-state index in [4.69, 9.17) is 18.9 Å². The summed E-state index contributed by atoms with van der Waals surface area (Å²) < 4.78 is 54.1. The van der Waals surface area contributed by atoms with E-state index < -0.39 is 33.7 Å². The second kappa shape index (κ2) is 18.2. The molecule has 1 saturated heterocycles. The van der Waals surface area contributed by atoms with Gasteiger partial charge in [-0.3, -0.25) is 4.79 Å². The third-order valence-electron chi connectivity index (χ3n) is 10.2. The second-order valence-electron chi connectivity index (χ2n) is 15.0. The van der Waals surface area contributed by atoms with Gasteiger partial charge in [0.2, 0.25) is 15.9 Å². The molecule has 0 aromatic heterocycles. The monoisotopic (exact) mass is 751 g/mol. The van der Waals surface area contributed by atoms with Crippen molar-refractivity contribution in [3.05, 3.63) is 89.0 Å². The van der Waals surface area contributed by atoms with Crippen LogP contribution in [0.3, 0.4) is 0 Å². The predicted octanol–water partition coefficient (Wildman–Crippen LogP) is 5.42. The summed E-state index contributed by atoms with van der Waals surface area (Å²) in [7, 11) is -0.612. The summed E-state index contributed by atoms with van der Waals surface area (Å²) in [5.41, 5.74) is 4.08. The van der Waals surface area contributed by atoms with Gasteiger partial charge in [-0.05, 0) is 74.1 Å². The third-order valence-corrected chi connectivity index (χ3v) is 12.2. The summed E-state index contributed by atoms with van der Waals surface area (Å²) >= 11 is 0. The van der Waals surface area contributed by atoms with Gasteiger partial charge in [0, 0.05) is 57.8 Å². The van der Waals surface area contributed by atoms with Crippen LogP contribution in [0.25, 0.3) is 0 Å². The van der Waals surface area contributed by atoms with Crippen molar-refractivity contribution in [2.75, 3.05) is 58.5 Å². The Morgan fingerprint density at radius 1 is 1.02 bits per heavy atom. The van der Waals surface area contributed by atoms with E-state index in [1.807, 2.05) is 45.0 Å². The molecule has 2 heterocycles. The first-order chi connectivity index (χ1) is 25.3. The van der Waals surface area contributed by atoms with E-state index in [2.05, 4.69) is 28.4 Å². The smallest absolute Gasteiger partial charge is 0.243 e. The number of methoxy groups -OCH3 is 2. The zero-order valence-electron chi connectivity index (χ0n) is 32.0. The van der Waals surface area contributed by atoms with Gasteiger partial charge in [0.1, 0.15) is 12.4 Å². The fraction of sp³-hybridized carbons (Fsp3) is 0.537. The largest absolute Gasteiger partial charge is 0.490 e. The number of amides is 1. The number of fused-ring (bicyclic) bond motifs is 1. The van der Waals surface area contributed by atoms with Crippen LogP contribution in [0.2, 0.25) is 0 Å². The Labute approximate surface area is 315 Å². The number of carbonyl (C=O) groups excluding carboxylic acids is 1. The maximum Gasteiger partial charge on any atom is 0.243 e. The Kier molecular flexibility index (Phi) is 14.0. The zero-order chi connectivity index (χ0) is 38.2. The number of aryl methyl sites for hydroxylation is 1. The van der Waals surface area contributed by atoms with Gasteiger partial charge in [0.05, 0.1) is 42.5 Å². The van der Waals surface area contributed by atoms with E-state index in [1.165, 1.54) is 0 Å². The lowest BCUT2D eigenvalue weighted by Crippen LogP contribution is -2.54. The molecule has 2 N–H and O–H groups in total. The van der Waals surface area contributed by atoms with Crippen LogP contribution in [0.4, 0.5) is 5.69 Å². The molecule has 0 saturated carbocycles. The molecule has 0 unspecified atom stereocenters. The maximum atomic E-state index is 14.6. The van der Waals surface area contributed by atoms with Gasteiger partial charge >= 0.3 is 0 Å². The van der Waals surface area contributed by atoms with E-state index in [1.54, 1.807) is 49.7 Å². The van der Waals surface area contributed by atoms with Crippen molar-refractivity contribution in [1.29, 1.82) is 0 Å². The van der Waals surface area contributed by atoms with Gasteiger partial charge in [-0.2, -0.15) is 4.31 Å². The average Bonchev–Trinajstić information content (AvgIpc) is 3.13. The van der Waals surface area contributed by atoms with E-state index in [0.717, 1.165) is 53.2 Å². The van der Waals surface area contributed by atoms with Crippen LogP contribution in [0.1, 0.15) is 68.2 Å². The molecule has 5 rings (SSSR count). The number of rotatable bonds is 17. The van der Waals surface area contributed by atoms with E-state index in [0.29, 0.717) is 26.2 Å². The molecule has 0 aliphatic carbocycles. The van der Waals surface area contributed by atoms with Gasteiger partial charge in [0.25, 0.3) is 0 Å². The summed E-state index contributed by atoms with van der Waals surface area (Å²) in [5, 5.41) is 12.7. The highest BCUT2D eigenvalue weighted by atomic mass is 32.2. The van der Waals surface area contributed by atoms with Crippen molar-refractivity contribution in [1.82, 2.24) is 9.62 Å². The fourth-order valence-electron chi connectivity index (χ4n) is 7.29. The zero-order valence-corrected chi connectivity index (χ0v) is 32.9. The van der Waals surface area contributed by atoms with Crippen molar-refractivity contribution < 1.29 is 37.3 Å². The predicted molar refractivity (Wildman–Crippen MR) is 206 cm³/mol. The molecule has 2 aliphatic rings. The fourth-order valence-corrected chi connectivity index (χ4v) is 8.94. The minimum atomic E-state index is -3.99. The van der Waals surface area contributed by atoms with Gasteiger partial charge in [0.15, 0.2) is 0 Å². The first-order valence-electron chi connectivity index (χ1n) is 18.6. The number of sulfonamides is 1. The Morgan fingerprint density at radius 3 is 2.42 bits per heavy atom. The standard InChI is InChI=1S/C41H57N3O8S/c1-29-8-15-35(16-9-29)53(47,48)44-26-39(52-28-32-12-17-38-37(22-32)43(19-21-51-38)18-7-20-49-5)36(33-13-10-31(11-14-33)27-50-6)23-34(44)24-41(3,4)40(46)42-25-30(2)45/h8-17,22,30,34,36,39,45H,7,18-21,23-28H2,1-6H3,(H,42,46)/t30-,34-,36+,39-/m0/s1. The van der Waals surface area contributed by atoms with Gasteiger partial charge in [-0.1, -0.05) is 61.9 Å². The first-order valence-corrected chi connectivity index (χ1v) is 20.0. The van der Waals surface area contributed by atoms with Crippen LogP contribution in [0, 0.1) is 12.3 Å². The third kappa shape index (κ3) is 10.4. The number of hydrogen-bond donors (Lipinski definition) is 2. The second-order valence-corrected chi connectivity index (χ2v) is 16.9. The van der Waals surface area contributed by atoms with Crippen LogP contribution >= 0.6 is 0 Å². The maximum absolute atomic E-state index is 14.6. The molecular weight excluding hydrogens is 695 g/mol. The van der Waals surface area contributed by atoms with Crippen LogP contribution in [-0.2, 0) is 42.2 Å². The van der Waals surface area contributed by atoms with Crippen molar-refractivity contribution >= 4 is 21.6 Å². The van der Waals surface area contributed by atoms with E-state index >= 15 is 0 Å². The summed E-state index contributed by atoms with van der Waals surface area (Å²) in [6, 6.07) is 20.7. The van der Waals surface area contributed by atoms with Crippen LogP contribution in [0.15, 0.2) is 71.6 Å². The van der Waals surface area contributed by atoms with Crippen molar-refractivity contribution in [2.24, 2.45) is 5.41 Å². The molecule has 0 bridgehead atoms. The average molecular weight is 752 g/mol.